The zero-order valence-electron chi connectivity index (χ0n) is 12.8. The predicted octanol–water partition coefficient (Wildman–Crippen LogP) is 0.474. The van der Waals surface area contributed by atoms with E-state index in [2.05, 4.69) is 30.8 Å². The summed E-state index contributed by atoms with van der Waals surface area (Å²) in [5, 5.41) is 14.7. The number of aryl methyl sites for hydroxylation is 1. The van der Waals surface area contributed by atoms with Crippen molar-refractivity contribution in [2.45, 2.75) is 20.0 Å². The highest BCUT2D eigenvalue weighted by Gasteiger charge is 2.35. The highest BCUT2D eigenvalue weighted by Crippen LogP contribution is 2.26. The van der Waals surface area contributed by atoms with Gasteiger partial charge in [-0.3, -0.25) is 9.89 Å². The maximum absolute atomic E-state index is 12.5. The average molecular weight is 369 g/mol. The van der Waals surface area contributed by atoms with Gasteiger partial charge in [-0.2, -0.15) is 22.8 Å². The van der Waals surface area contributed by atoms with Crippen LogP contribution in [0, 0.1) is 6.92 Å². The number of aromatic nitrogens is 6. The summed E-state index contributed by atoms with van der Waals surface area (Å²) in [6.07, 6.45) is -4.65. The predicted molar refractivity (Wildman–Crippen MR) is 79.2 cm³/mol. The van der Waals surface area contributed by atoms with Gasteiger partial charge in [0.15, 0.2) is 0 Å². The topological polar surface area (TPSA) is 113 Å². The van der Waals surface area contributed by atoms with Crippen LogP contribution in [0.4, 0.5) is 13.2 Å². The fourth-order valence-corrected chi connectivity index (χ4v) is 1.67. The lowest BCUT2D eigenvalue weighted by Gasteiger charge is -2.02. The lowest BCUT2D eigenvalue weighted by Crippen LogP contribution is -2.32. The molecule has 0 atom stereocenters. The molecule has 0 fully saturated rings. The van der Waals surface area contributed by atoms with Gasteiger partial charge in [-0.1, -0.05) is 6.92 Å². The van der Waals surface area contributed by atoms with Gasteiger partial charge in [-0.25, -0.2) is 4.98 Å². The molecule has 0 spiro atoms. The lowest BCUT2D eigenvalue weighted by molar-refractivity contribution is -0.144. The number of carbonyl (C=O) groups excluding carboxylic acids is 1. The molecule has 2 aromatic heterocycles. The van der Waals surface area contributed by atoms with Gasteiger partial charge in [0.2, 0.25) is 11.6 Å². The molecule has 3 N–H and O–H groups in total. The van der Waals surface area contributed by atoms with Crippen molar-refractivity contribution in [3.8, 4) is 5.95 Å². The summed E-state index contributed by atoms with van der Waals surface area (Å²) in [5.41, 5.74) is 0. The molecule has 0 saturated carbocycles. The van der Waals surface area contributed by atoms with Gasteiger partial charge in [0, 0.05) is 13.1 Å². The smallest absolute Gasteiger partial charge is 0.348 e. The summed E-state index contributed by atoms with van der Waals surface area (Å²) in [6, 6.07) is 0. The van der Waals surface area contributed by atoms with E-state index in [1.165, 1.54) is 6.92 Å². The Bertz CT molecular complexity index is 683. The van der Waals surface area contributed by atoms with Gasteiger partial charge in [0.05, 0.1) is 0 Å². The van der Waals surface area contributed by atoms with E-state index in [0.29, 0.717) is 13.1 Å². The molecule has 2 heterocycles. The van der Waals surface area contributed by atoms with Crippen molar-refractivity contribution in [3.63, 3.8) is 0 Å². The van der Waals surface area contributed by atoms with Crippen LogP contribution in [0.3, 0.4) is 0 Å². The van der Waals surface area contributed by atoms with Crippen LogP contribution in [0.25, 0.3) is 5.95 Å². The molecule has 9 nitrogen and oxygen atoms in total. The normalized spacial score (nSPS) is 11.2. The third-order valence-corrected chi connectivity index (χ3v) is 2.74. The standard InChI is InChI=1S/C11H15F3N8O.ClH/c1-3-15-4-5-16-8(23)7-17-6(2)22(21-7)10-18-9(19-20-10)11(12,13)14;/h15H,3-5H2,1-2H3,(H,16,23)(H,18,19,20);1H. The van der Waals surface area contributed by atoms with E-state index < -0.39 is 17.9 Å². The Morgan fingerprint density at radius 2 is 2.00 bits per heavy atom. The molecule has 0 aromatic carbocycles. The molecular formula is C11H16ClF3N8O. The van der Waals surface area contributed by atoms with Gasteiger partial charge in [-0.15, -0.1) is 22.6 Å². The highest BCUT2D eigenvalue weighted by atomic mass is 35.5. The lowest BCUT2D eigenvalue weighted by atomic mass is 10.5. The van der Waals surface area contributed by atoms with Crippen molar-refractivity contribution in [1.82, 2.24) is 40.6 Å². The molecule has 0 saturated heterocycles. The number of hydrogen-bond donors (Lipinski definition) is 3. The van der Waals surface area contributed by atoms with Gasteiger partial charge < -0.3 is 10.6 Å². The molecule has 2 aromatic rings. The highest BCUT2D eigenvalue weighted by molar-refractivity contribution is 5.90. The third kappa shape index (κ3) is 4.64. The fraction of sp³-hybridized carbons (Fsp3) is 0.545. The number of halogens is 4. The first-order chi connectivity index (χ1) is 10.8. The fourth-order valence-electron chi connectivity index (χ4n) is 1.67. The van der Waals surface area contributed by atoms with Crippen molar-refractivity contribution in [2.75, 3.05) is 19.6 Å². The Kier molecular flexibility index (Phi) is 6.66. The molecule has 0 bridgehead atoms. The number of carbonyl (C=O) groups is 1. The SMILES string of the molecule is CCNCCNC(=O)c1nc(C)n(-c2n[nH]c(C(F)(F)F)n2)n1.Cl. The Morgan fingerprint density at radius 1 is 1.29 bits per heavy atom. The first-order valence-electron chi connectivity index (χ1n) is 6.75. The molecule has 24 heavy (non-hydrogen) atoms. The van der Waals surface area contributed by atoms with Gasteiger partial charge in [0.25, 0.3) is 11.9 Å². The number of rotatable bonds is 6. The first-order valence-corrected chi connectivity index (χ1v) is 6.75. The number of amides is 1. The quantitative estimate of drug-likeness (QED) is 0.639. The Morgan fingerprint density at radius 3 is 2.58 bits per heavy atom. The van der Waals surface area contributed by atoms with Gasteiger partial charge >= 0.3 is 6.18 Å². The minimum absolute atomic E-state index is 0. The molecule has 0 unspecified atom stereocenters. The number of nitrogens with one attached hydrogen (secondary N) is 3. The van der Waals surface area contributed by atoms with Crippen LogP contribution in [0.15, 0.2) is 0 Å². The number of hydrogen-bond acceptors (Lipinski definition) is 6. The second-order valence-electron chi connectivity index (χ2n) is 4.49. The van der Waals surface area contributed by atoms with Crippen LogP contribution in [-0.4, -0.2) is 55.5 Å². The van der Waals surface area contributed by atoms with Crippen molar-refractivity contribution >= 4 is 18.3 Å². The van der Waals surface area contributed by atoms with Crippen molar-refractivity contribution in [3.05, 3.63) is 17.5 Å². The van der Waals surface area contributed by atoms with E-state index in [-0.39, 0.29) is 30.0 Å². The molecule has 134 valence electrons. The summed E-state index contributed by atoms with van der Waals surface area (Å²) in [6.45, 7) is 5.14. The van der Waals surface area contributed by atoms with Crippen LogP contribution in [0.1, 0.15) is 29.2 Å². The number of alkyl halides is 3. The maximum atomic E-state index is 12.5. The molecule has 0 radical (unpaired) electrons. The van der Waals surface area contributed by atoms with Crippen LogP contribution in [0.5, 0.6) is 0 Å². The molecule has 0 aliphatic heterocycles. The second kappa shape index (κ2) is 8.06. The summed E-state index contributed by atoms with van der Waals surface area (Å²) in [5.74, 6) is -2.10. The molecule has 1 amide bonds. The Hall–Kier alpha value is -2.21. The van der Waals surface area contributed by atoms with Gasteiger partial charge in [0.1, 0.15) is 5.82 Å². The molecule has 2 rings (SSSR count). The molecular weight excluding hydrogens is 353 g/mol. The molecule has 13 heteroatoms. The third-order valence-electron chi connectivity index (χ3n) is 2.74. The van der Waals surface area contributed by atoms with E-state index in [0.717, 1.165) is 11.2 Å². The Balaban J connectivity index is 0.00000288. The number of H-pyrrole nitrogens is 1. The molecule has 0 aliphatic rings. The van der Waals surface area contributed by atoms with E-state index in [1.807, 2.05) is 6.92 Å². The van der Waals surface area contributed by atoms with Crippen LogP contribution in [-0.2, 0) is 6.18 Å². The van der Waals surface area contributed by atoms with E-state index >= 15 is 0 Å². The first kappa shape index (κ1) is 19.8. The summed E-state index contributed by atoms with van der Waals surface area (Å²) >= 11 is 0. The summed E-state index contributed by atoms with van der Waals surface area (Å²) in [4.78, 5) is 19.1. The summed E-state index contributed by atoms with van der Waals surface area (Å²) < 4.78 is 38.5. The number of likely N-dealkylation sites (N-methyl/N-ethyl adjacent to an activating group) is 1. The van der Waals surface area contributed by atoms with Crippen LogP contribution < -0.4 is 10.6 Å². The molecule has 0 aliphatic carbocycles. The van der Waals surface area contributed by atoms with Crippen LogP contribution >= 0.6 is 12.4 Å². The monoisotopic (exact) mass is 368 g/mol. The minimum Gasteiger partial charge on any atom is -0.348 e. The number of nitrogens with zero attached hydrogens (tertiary/aromatic N) is 5. The summed E-state index contributed by atoms with van der Waals surface area (Å²) in [7, 11) is 0. The zero-order chi connectivity index (χ0) is 17.0. The zero-order valence-corrected chi connectivity index (χ0v) is 13.6. The number of aromatic amines is 1. The maximum Gasteiger partial charge on any atom is 0.451 e. The van der Waals surface area contributed by atoms with E-state index in [9.17, 15) is 18.0 Å². The van der Waals surface area contributed by atoms with E-state index in [1.54, 1.807) is 5.10 Å². The second-order valence-corrected chi connectivity index (χ2v) is 4.49. The van der Waals surface area contributed by atoms with Crippen molar-refractivity contribution in [1.29, 1.82) is 0 Å². The van der Waals surface area contributed by atoms with Gasteiger partial charge in [-0.05, 0) is 13.5 Å². The largest absolute Gasteiger partial charge is 0.451 e. The van der Waals surface area contributed by atoms with Crippen molar-refractivity contribution < 1.29 is 18.0 Å². The minimum atomic E-state index is -4.65. The van der Waals surface area contributed by atoms with Crippen molar-refractivity contribution in [2.24, 2.45) is 0 Å². The Labute approximate surface area is 140 Å². The van der Waals surface area contributed by atoms with Crippen LogP contribution in [0.2, 0.25) is 0 Å². The average Bonchev–Trinajstić information content (AvgIpc) is 3.09. The van der Waals surface area contributed by atoms with E-state index in [4.69, 9.17) is 0 Å².